The first-order valence-electron chi connectivity index (χ1n) is 11.1. The molecule has 2 aliphatic rings. The van der Waals surface area contributed by atoms with Crippen molar-refractivity contribution < 1.29 is 4.39 Å². The predicted octanol–water partition coefficient (Wildman–Crippen LogP) is 5.31. The molecule has 0 bridgehead atoms. The fourth-order valence-electron chi connectivity index (χ4n) is 5.13. The standard InChI is InChI=1S/C25H33BFN/c1-19-21(23-11-5-8-20-7-4-10-22(20)23)9-6-12-24(19)26(3)15-18-28-16-13-25(2,27)14-17-28/h5-6,8-9,11-12H,4,7,10,13-18H2,1-3H3. The summed E-state index contributed by atoms with van der Waals surface area (Å²) < 4.78 is 14.0. The SMILES string of the molecule is CB(CCN1CCC(C)(F)CC1)c1cccc(-c2cccc3c2CCC3)c1C. The normalized spacial score (nSPS) is 18.9. The molecular formula is C25H33BFN. The molecule has 2 aromatic carbocycles. The summed E-state index contributed by atoms with van der Waals surface area (Å²) in [6.45, 7) is 9.79. The van der Waals surface area contributed by atoms with Crippen LogP contribution in [0.3, 0.4) is 0 Å². The van der Waals surface area contributed by atoms with E-state index in [4.69, 9.17) is 0 Å². The Hall–Kier alpha value is -1.61. The summed E-state index contributed by atoms with van der Waals surface area (Å²) in [6, 6.07) is 13.7. The number of piperidine rings is 1. The van der Waals surface area contributed by atoms with Crippen LogP contribution >= 0.6 is 0 Å². The van der Waals surface area contributed by atoms with Crippen LogP contribution in [0.2, 0.25) is 13.1 Å². The van der Waals surface area contributed by atoms with Gasteiger partial charge in [0.05, 0.1) is 0 Å². The van der Waals surface area contributed by atoms with Crippen molar-refractivity contribution in [3.8, 4) is 11.1 Å². The lowest BCUT2D eigenvalue weighted by atomic mass is 9.43. The third-order valence-electron chi connectivity index (χ3n) is 7.12. The number of nitrogens with zero attached hydrogens (tertiary/aromatic N) is 1. The fourth-order valence-corrected chi connectivity index (χ4v) is 5.13. The van der Waals surface area contributed by atoms with E-state index in [2.05, 4.69) is 55.0 Å². The van der Waals surface area contributed by atoms with Crippen molar-refractivity contribution in [3.63, 3.8) is 0 Å². The van der Waals surface area contributed by atoms with Crippen LogP contribution in [-0.4, -0.2) is 36.9 Å². The second-order valence-electron chi connectivity index (χ2n) is 9.26. The number of rotatable bonds is 5. The summed E-state index contributed by atoms with van der Waals surface area (Å²) in [4.78, 5) is 2.45. The lowest BCUT2D eigenvalue weighted by Crippen LogP contribution is -2.42. The molecule has 1 nitrogen and oxygen atoms in total. The number of hydrogen-bond donors (Lipinski definition) is 0. The van der Waals surface area contributed by atoms with Crippen LogP contribution < -0.4 is 5.46 Å². The minimum atomic E-state index is -0.955. The van der Waals surface area contributed by atoms with Crippen LogP contribution in [0, 0.1) is 6.92 Å². The van der Waals surface area contributed by atoms with Gasteiger partial charge < -0.3 is 4.90 Å². The van der Waals surface area contributed by atoms with Gasteiger partial charge in [-0.2, -0.15) is 0 Å². The average Bonchev–Trinajstić information content (AvgIpc) is 3.16. The minimum Gasteiger partial charge on any atom is -0.304 e. The Morgan fingerprint density at radius 3 is 2.54 bits per heavy atom. The molecule has 0 amide bonds. The molecule has 1 fully saturated rings. The van der Waals surface area contributed by atoms with E-state index in [0.717, 1.165) is 26.0 Å². The molecule has 28 heavy (non-hydrogen) atoms. The molecule has 0 radical (unpaired) electrons. The van der Waals surface area contributed by atoms with E-state index in [-0.39, 0.29) is 0 Å². The third kappa shape index (κ3) is 4.05. The van der Waals surface area contributed by atoms with E-state index in [0.29, 0.717) is 19.6 Å². The van der Waals surface area contributed by atoms with Gasteiger partial charge >= 0.3 is 0 Å². The highest BCUT2D eigenvalue weighted by Crippen LogP contribution is 2.33. The number of halogens is 1. The summed E-state index contributed by atoms with van der Waals surface area (Å²) in [7, 11) is 0. The quantitative estimate of drug-likeness (QED) is 0.639. The third-order valence-corrected chi connectivity index (χ3v) is 7.12. The molecule has 148 valence electrons. The molecule has 1 aliphatic heterocycles. The van der Waals surface area contributed by atoms with Crippen molar-refractivity contribution in [2.75, 3.05) is 19.6 Å². The Labute approximate surface area is 170 Å². The highest BCUT2D eigenvalue weighted by atomic mass is 19.1. The number of aryl methyl sites for hydroxylation is 1. The summed E-state index contributed by atoms with van der Waals surface area (Å²) in [5.74, 6) is 0. The zero-order valence-electron chi connectivity index (χ0n) is 17.7. The van der Waals surface area contributed by atoms with Gasteiger partial charge in [0.15, 0.2) is 6.71 Å². The molecule has 1 saturated heterocycles. The van der Waals surface area contributed by atoms with Gasteiger partial charge in [0, 0.05) is 13.1 Å². The Balaban J connectivity index is 1.49. The van der Waals surface area contributed by atoms with Gasteiger partial charge in [0.2, 0.25) is 0 Å². The topological polar surface area (TPSA) is 3.24 Å². The molecule has 0 saturated carbocycles. The average molecular weight is 377 g/mol. The van der Waals surface area contributed by atoms with Crippen LogP contribution in [0.1, 0.15) is 42.9 Å². The number of benzene rings is 2. The highest BCUT2D eigenvalue weighted by molar-refractivity contribution is 6.72. The first-order valence-corrected chi connectivity index (χ1v) is 11.1. The predicted molar refractivity (Wildman–Crippen MR) is 120 cm³/mol. The van der Waals surface area contributed by atoms with Crippen LogP contribution in [0.4, 0.5) is 4.39 Å². The van der Waals surface area contributed by atoms with Gasteiger partial charge in [0.25, 0.3) is 0 Å². The number of hydrogen-bond acceptors (Lipinski definition) is 1. The monoisotopic (exact) mass is 377 g/mol. The Morgan fingerprint density at radius 2 is 1.75 bits per heavy atom. The van der Waals surface area contributed by atoms with Gasteiger partial charge in [-0.1, -0.05) is 55.0 Å². The second kappa shape index (κ2) is 8.03. The molecule has 0 aromatic heterocycles. The molecule has 0 atom stereocenters. The lowest BCUT2D eigenvalue weighted by molar-refractivity contribution is 0.0769. The van der Waals surface area contributed by atoms with Crippen molar-refractivity contribution in [3.05, 3.63) is 53.1 Å². The first kappa shape index (κ1) is 19.7. The van der Waals surface area contributed by atoms with Gasteiger partial charge in [-0.15, -0.1) is 0 Å². The summed E-state index contributed by atoms with van der Waals surface area (Å²) in [6.07, 6.45) is 6.22. The van der Waals surface area contributed by atoms with Crippen LogP contribution in [0.25, 0.3) is 11.1 Å². The Morgan fingerprint density at radius 1 is 1.04 bits per heavy atom. The van der Waals surface area contributed by atoms with Crippen molar-refractivity contribution >= 4 is 12.2 Å². The summed E-state index contributed by atoms with van der Waals surface area (Å²) in [5.41, 5.74) is 7.92. The van der Waals surface area contributed by atoms with Crippen molar-refractivity contribution in [1.29, 1.82) is 0 Å². The van der Waals surface area contributed by atoms with Crippen LogP contribution in [0.5, 0.6) is 0 Å². The van der Waals surface area contributed by atoms with Crippen molar-refractivity contribution in [2.45, 2.75) is 64.8 Å². The van der Waals surface area contributed by atoms with Gasteiger partial charge in [0.1, 0.15) is 5.67 Å². The molecule has 1 heterocycles. The zero-order valence-corrected chi connectivity index (χ0v) is 17.7. The van der Waals surface area contributed by atoms with E-state index in [1.807, 2.05) is 0 Å². The Bertz CT molecular complexity index is 834. The molecule has 2 aromatic rings. The number of fused-ring (bicyclic) bond motifs is 1. The van der Waals surface area contributed by atoms with E-state index in [1.54, 1.807) is 18.1 Å². The molecule has 0 spiro atoms. The maximum absolute atomic E-state index is 14.0. The van der Waals surface area contributed by atoms with Crippen LogP contribution in [0.15, 0.2) is 36.4 Å². The van der Waals surface area contributed by atoms with Crippen LogP contribution in [-0.2, 0) is 12.8 Å². The smallest absolute Gasteiger partial charge is 0.174 e. The number of alkyl halides is 1. The molecule has 3 heteroatoms. The molecular weight excluding hydrogens is 344 g/mol. The van der Waals surface area contributed by atoms with E-state index >= 15 is 0 Å². The second-order valence-corrected chi connectivity index (χ2v) is 9.26. The zero-order chi connectivity index (χ0) is 19.7. The minimum absolute atomic E-state index is 0.524. The fraction of sp³-hybridized carbons (Fsp3) is 0.520. The van der Waals surface area contributed by atoms with E-state index in [9.17, 15) is 4.39 Å². The Kier molecular flexibility index (Phi) is 5.65. The summed E-state index contributed by atoms with van der Waals surface area (Å²) >= 11 is 0. The molecule has 0 unspecified atom stereocenters. The van der Waals surface area contributed by atoms with Crippen molar-refractivity contribution in [1.82, 2.24) is 4.90 Å². The largest absolute Gasteiger partial charge is 0.304 e. The number of likely N-dealkylation sites (tertiary alicyclic amines) is 1. The van der Waals surface area contributed by atoms with Gasteiger partial charge in [-0.3, -0.25) is 0 Å². The highest BCUT2D eigenvalue weighted by Gasteiger charge is 2.29. The van der Waals surface area contributed by atoms with Gasteiger partial charge in [-0.05, 0) is 80.3 Å². The maximum Gasteiger partial charge on any atom is 0.174 e. The maximum atomic E-state index is 14.0. The summed E-state index contributed by atoms with van der Waals surface area (Å²) in [5, 5.41) is 0. The van der Waals surface area contributed by atoms with Crippen molar-refractivity contribution in [2.24, 2.45) is 0 Å². The van der Waals surface area contributed by atoms with E-state index < -0.39 is 5.67 Å². The molecule has 4 rings (SSSR count). The van der Waals surface area contributed by atoms with E-state index in [1.165, 1.54) is 41.4 Å². The van der Waals surface area contributed by atoms with Gasteiger partial charge in [-0.25, -0.2) is 4.39 Å². The lowest BCUT2D eigenvalue weighted by Gasteiger charge is -2.34. The molecule has 0 N–H and O–H groups in total. The first-order chi connectivity index (χ1) is 13.4. The molecule has 1 aliphatic carbocycles.